The molecule has 0 amide bonds. The number of ether oxygens (including phenoxy) is 1. The molecule has 182 valence electrons. The third kappa shape index (κ3) is 4.72. The number of carbonyl (C=O) groups excluding carboxylic acids is 2. The average molecular weight is 485 g/mol. The van der Waals surface area contributed by atoms with E-state index in [2.05, 4.69) is 0 Å². The molecular weight excluding hydrogens is 460 g/mol. The van der Waals surface area contributed by atoms with Crippen molar-refractivity contribution in [2.24, 2.45) is 0 Å². The fourth-order valence-corrected chi connectivity index (χ4v) is 3.83. The number of para-hydroxylation sites is 1. The Labute approximate surface area is 207 Å². The van der Waals surface area contributed by atoms with E-state index in [0.717, 1.165) is 6.07 Å². The topological polar surface area (TPSA) is 124 Å². The largest absolute Gasteiger partial charge is 0.508 e. The van der Waals surface area contributed by atoms with Crippen LogP contribution in [-0.4, -0.2) is 32.0 Å². The van der Waals surface area contributed by atoms with Gasteiger partial charge in [-0.05, 0) is 72.1 Å². The molecule has 0 aliphatic carbocycles. The van der Waals surface area contributed by atoms with Crippen LogP contribution in [0.5, 0.6) is 34.5 Å². The van der Waals surface area contributed by atoms with Crippen LogP contribution in [0.2, 0.25) is 0 Å². The van der Waals surface area contributed by atoms with Crippen molar-refractivity contribution in [3.05, 3.63) is 107 Å². The van der Waals surface area contributed by atoms with Crippen molar-refractivity contribution in [2.45, 2.75) is 19.8 Å². The van der Waals surface area contributed by atoms with Crippen molar-refractivity contribution in [1.29, 1.82) is 0 Å². The molecule has 4 N–H and O–H groups in total. The molecule has 0 aliphatic heterocycles. The lowest BCUT2D eigenvalue weighted by atomic mass is 9.90. The molecule has 4 rings (SSSR count). The summed E-state index contributed by atoms with van der Waals surface area (Å²) < 4.78 is 5.72. The first-order valence-corrected chi connectivity index (χ1v) is 11.2. The van der Waals surface area contributed by atoms with Gasteiger partial charge < -0.3 is 25.2 Å². The van der Waals surface area contributed by atoms with Crippen molar-refractivity contribution in [3.63, 3.8) is 0 Å². The summed E-state index contributed by atoms with van der Waals surface area (Å²) in [6.07, 6.45) is 0. The predicted molar refractivity (Wildman–Crippen MR) is 133 cm³/mol. The van der Waals surface area contributed by atoms with Gasteiger partial charge in [-0.15, -0.1) is 0 Å². The maximum atomic E-state index is 13.3. The second-order valence-corrected chi connectivity index (χ2v) is 8.54. The van der Waals surface area contributed by atoms with Crippen molar-refractivity contribution in [3.8, 4) is 34.5 Å². The Hall–Kier alpha value is -4.78. The second kappa shape index (κ2) is 9.84. The molecule has 7 nitrogen and oxygen atoms in total. The van der Waals surface area contributed by atoms with Crippen molar-refractivity contribution >= 4 is 11.6 Å². The molecule has 4 aromatic carbocycles. The lowest BCUT2D eigenvalue weighted by Gasteiger charge is -2.15. The van der Waals surface area contributed by atoms with E-state index in [-0.39, 0.29) is 33.9 Å². The van der Waals surface area contributed by atoms with Gasteiger partial charge in [0, 0.05) is 11.1 Å². The van der Waals surface area contributed by atoms with E-state index in [9.17, 15) is 30.0 Å². The molecule has 36 heavy (non-hydrogen) atoms. The maximum Gasteiger partial charge on any atom is 0.201 e. The Balaban J connectivity index is 1.70. The van der Waals surface area contributed by atoms with E-state index < -0.39 is 28.8 Å². The minimum absolute atomic E-state index is 0.0245. The van der Waals surface area contributed by atoms with E-state index >= 15 is 0 Å². The molecule has 4 aromatic rings. The Bertz CT molecular complexity index is 1440. The smallest absolute Gasteiger partial charge is 0.201 e. The van der Waals surface area contributed by atoms with Gasteiger partial charge in [0.05, 0.1) is 11.1 Å². The summed E-state index contributed by atoms with van der Waals surface area (Å²) >= 11 is 0. The monoisotopic (exact) mass is 484 g/mol. The second-order valence-electron chi connectivity index (χ2n) is 8.54. The molecule has 7 heteroatoms. The van der Waals surface area contributed by atoms with Crippen LogP contribution in [0.1, 0.15) is 57.2 Å². The molecule has 0 radical (unpaired) electrons. The number of hydrogen-bond acceptors (Lipinski definition) is 7. The van der Waals surface area contributed by atoms with Crippen LogP contribution < -0.4 is 4.74 Å². The summed E-state index contributed by atoms with van der Waals surface area (Å²) in [7, 11) is 0. The number of hydrogen-bond donors (Lipinski definition) is 4. The van der Waals surface area contributed by atoms with Gasteiger partial charge in [0.25, 0.3) is 0 Å². The standard InChI is InChI=1S/C29H24O7/c1-16(2)22-14-18(30)10-13-21(22)26(32)24-15-23(27(33)29(35)28(24)34)25(31)17-8-11-20(12-9-17)36-19-6-4-3-5-7-19/h3-16,30,33-35H,1-2H3. The number of phenols is 4. The molecule has 0 saturated carbocycles. The predicted octanol–water partition coefficient (Wildman–Crippen LogP) is 5.89. The van der Waals surface area contributed by atoms with Gasteiger partial charge in [0.2, 0.25) is 5.75 Å². The molecule has 0 aromatic heterocycles. The van der Waals surface area contributed by atoms with Crippen LogP contribution in [0, 0.1) is 0 Å². The number of benzene rings is 4. The van der Waals surface area contributed by atoms with Gasteiger partial charge in [-0.25, -0.2) is 0 Å². The van der Waals surface area contributed by atoms with Crippen molar-refractivity contribution in [2.75, 3.05) is 0 Å². The highest BCUT2D eigenvalue weighted by atomic mass is 16.5. The zero-order chi connectivity index (χ0) is 26.0. The minimum Gasteiger partial charge on any atom is -0.508 e. The Kier molecular flexibility index (Phi) is 6.65. The SMILES string of the molecule is CC(C)c1cc(O)ccc1C(=O)c1cc(C(=O)c2ccc(Oc3ccccc3)cc2)c(O)c(O)c1O. The first-order valence-electron chi connectivity index (χ1n) is 11.2. The summed E-state index contributed by atoms with van der Waals surface area (Å²) in [5, 5.41) is 41.0. The first-order chi connectivity index (χ1) is 17.2. The molecular formula is C29H24O7. The first kappa shape index (κ1) is 24.3. The normalized spacial score (nSPS) is 10.9. The molecule has 0 fully saturated rings. The van der Waals surface area contributed by atoms with E-state index in [4.69, 9.17) is 4.74 Å². The summed E-state index contributed by atoms with van der Waals surface area (Å²) in [6.45, 7) is 3.67. The van der Waals surface area contributed by atoms with Crippen LogP contribution >= 0.6 is 0 Å². The Morgan fingerprint density at radius 3 is 1.83 bits per heavy atom. The van der Waals surface area contributed by atoms with E-state index in [0.29, 0.717) is 17.1 Å². The zero-order valence-corrected chi connectivity index (χ0v) is 19.6. The van der Waals surface area contributed by atoms with E-state index in [1.165, 1.54) is 30.3 Å². The van der Waals surface area contributed by atoms with Crippen LogP contribution in [0.3, 0.4) is 0 Å². The molecule has 0 atom stereocenters. The number of carbonyl (C=O) groups is 2. The summed E-state index contributed by atoms with van der Waals surface area (Å²) in [4.78, 5) is 26.5. The number of ketones is 2. The van der Waals surface area contributed by atoms with Crippen LogP contribution in [0.15, 0.2) is 78.9 Å². The van der Waals surface area contributed by atoms with Crippen molar-refractivity contribution in [1.82, 2.24) is 0 Å². The summed E-state index contributed by atoms with van der Waals surface area (Å²) in [6, 6.07) is 20.5. The fourth-order valence-electron chi connectivity index (χ4n) is 3.83. The van der Waals surface area contributed by atoms with E-state index in [1.807, 2.05) is 32.0 Å². The average Bonchev–Trinajstić information content (AvgIpc) is 2.88. The molecule has 0 bridgehead atoms. The Morgan fingerprint density at radius 2 is 1.22 bits per heavy atom. The Morgan fingerprint density at radius 1 is 0.639 bits per heavy atom. The highest BCUT2D eigenvalue weighted by Gasteiger charge is 2.27. The zero-order valence-electron chi connectivity index (χ0n) is 19.6. The molecule has 0 unspecified atom stereocenters. The van der Waals surface area contributed by atoms with Gasteiger partial charge in [-0.2, -0.15) is 0 Å². The molecule has 0 aliphatic rings. The van der Waals surface area contributed by atoms with Gasteiger partial charge in [0.1, 0.15) is 17.2 Å². The van der Waals surface area contributed by atoms with Crippen molar-refractivity contribution < 1.29 is 34.8 Å². The quantitative estimate of drug-likeness (QED) is 0.190. The highest BCUT2D eigenvalue weighted by molar-refractivity contribution is 6.16. The van der Waals surface area contributed by atoms with Crippen LogP contribution in [-0.2, 0) is 0 Å². The molecule has 0 spiro atoms. The molecule has 0 saturated heterocycles. The highest BCUT2D eigenvalue weighted by Crippen LogP contribution is 2.42. The van der Waals surface area contributed by atoms with Crippen LogP contribution in [0.25, 0.3) is 0 Å². The van der Waals surface area contributed by atoms with Gasteiger partial charge >= 0.3 is 0 Å². The van der Waals surface area contributed by atoms with E-state index in [1.54, 1.807) is 24.3 Å². The lowest BCUT2D eigenvalue weighted by molar-refractivity contribution is 0.103. The van der Waals surface area contributed by atoms with Gasteiger partial charge in [0.15, 0.2) is 23.1 Å². The van der Waals surface area contributed by atoms with Gasteiger partial charge in [-0.1, -0.05) is 32.0 Å². The fraction of sp³-hybridized carbons (Fsp3) is 0.103. The maximum absolute atomic E-state index is 13.3. The third-order valence-corrected chi connectivity index (χ3v) is 5.73. The number of aromatic hydroxyl groups is 4. The minimum atomic E-state index is -0.974. The third-order valence-electron chi connectivity index (χ3n) is 5.73. The number of rotatable bonds is 7. The summed E-state index contributed by atoms with van der Waals surface area (Å²) in [5.41, 5.74) is 0.167. The van der Waals surface area contributed by atoms with Gasteiger partial charge in [-0.3, -0.25) is 9.59 Å². The summed E-state index contributed by atoms with van der Waals surface area (Å²) in [5.74, 6) is -3.05. The molecule has 0 heterocycles. The number of phenolic OH excluding ortho intramolecular Hbond substituents is 4. The van der Waals surface area contributed by atoms with Crippen LogP contribution in [0.4, 0.5) is 0 Å². The lowest BCUT2D eigenvalue weighted by Crippen LogP contribution is -2.10.